The third kappa shape index (κ3) is 3.25. The highest BCUT2D eigenvalue weighted by molar-refractivity contribution is 5.97. The highest BCUT2D eigenvalue weighted by Crippen LogP contribution is 2.16. The summed E-state index contributed by atoms with van der Waals surface area (Å²) in [6.45, 7) is 2.54. The molecule has 0 radical (unpaired) electrons. The average Bonchev–Trinajstić information content (AvgIpc) is 2.46. The number of benzene rings is 2. The van der Waals surface area contributed by atoms with Crippen molar-refractivity contribution in [3.05, 3.63) is 65.2 Å². The molecule has 0 aliphatic carbocycles. The summed E-state index contributed by atoms with van der Waals surface area (Å²) in [6, 6.07) is 15.2. The van der Waals surface area contributed by atoms with Crippen LogP contribution in [0.25, 0.3) is 0 Å². The monoisotopic (exact) mass is 256 g/mol. The smallest absolute Gasteiger partial charge is 0.170 e. The van der Waals surface area contributed by atoms with E-state index >= 15 is 0 Å². The lowest BCUT2D eigenvalue weighted by molar-refractivity contribution is 0.305. The molecule has 2 aromatic carbocycles. The molecule has 0 aliphatic heterocycles. The van der Waals surface area contributed by atoms with Gasteiger partial charge in [-0.15, -0.1) is 0 Å². The number of nitrogens with two attached hydrogens (primary N) is 1. The van der Waals surface area contributed by atoms with Crippen LogP contribution in [0, 0.1) is 6.92 Å². The molecule has 0 saturated carbocycles. The van der Waals surface area contributed by atoms with Crippen LogP contribution in [0.4, 0.5) is 0 Å². The summed E-state index contributed by atoms with van der Waals surface area (Å²) in [5.41, 5.74) is 8.49. The second kappa shape index (κ2) is 5.91. The summed E-state index contributed by atoms with van der Waals surface area (Å²) in [6.07, 6.45) is 0. The highest BCUT2D eigenvalue weighted by Gasteiger charge is 2.02. The van der Waals surface area contributed by atoms with Crippen LogP contribution in [-0.4, -0.2) is 11.0 Å². The number of nitrogens with zero attached hydrogens (tertiary/aromatic N) is 1. The van der Waals surface area contributed by atoms with Gasteiger partial charge in [0.25, 0.3) is 0 Å². The molecule has 0 saturated heterocycles. The zero-order chi connectivity index (χ0) is 13.7. The normalized spacial score (nSPS) is 11.3. The molecule has 19 heavy (non-hydrogen) atoms. The van der Waals surface area contributed by atoms with Crippen molar-refractivity contribution in [2.75, 3.05) is 0 Å². The van der Waals surface area contributed by atoms with Crippen LogP contribution in [-0.2, 0) is 6.61 Å². The van der Waals surface area contributed by atoms with E-state index in [2.05, 4.69) is 5.16 Å². The molecule has 0 heterocycles. The van der Waals surface area contributed by atoms with E-state index in [-0.39, 0.29) is 5.84 Å². The van der Waals surface area contributed by atoms with Crippen molar-refractivity contribution < 1.29 is 9.94 Å². The third-order valence-corrected chi connectivity index (χ3v) is 2.89. The SMILES string of the molecule is Cc1ccccc1COc1cccc(/C(N)=N/O)c1. The Hall–Kier alpha value is -2.49. The van der Waals surface area contributed by atoms with E-state index in [1.807, 2.05) is 37.3 Å². The van der Waals surface area contributed by atoms with Gasteiger partial charge in [-0.1, -0.05) is 41.6 Å². The van der Waals surface area contributed by atoms with Crippen LogP contribution in [0.5, 0.6) is 5.75 Å². The van der Waals surface area contributed by atoms with Gasteiger partial charge in [0, 0.05) is 5.56 Å². The Balaban J connectivity index is 2.10. The number of amidine groups is 1. The van der Waals surface area contributed by atoms with Crippen LogP contribution in [0.3, 0.4) is 0 Å². The number of oxime groups is 1. The number of hydrogen-bond donors (Lipinski definition) is 2. The second-order valence-corrected chi connectivity index (χ2v) is 4.23. The van der Waals surface area contributed by atoms with E-state index in [4.69, 9.17) is 15.7 Å². The zero-order valence-corrected chi connectivity index (χ0v) is 10.7. The van der Waals surface area contributed by atoms with Crippen molar-refractivity contribution >= 4 is 5.84 Å². The first-order valence-electron chi connectivity index (χ1n) is 5.96. The fourth-order valence-electron chi connectivity index (χ4n) is 1.74. The van der Waals surface area contributed by atoms with Gasteiger partial charge in [0.05, 0.1) is 0 Å². The molecule has 0 unspecified atom stereocenters. The fraction of sp³-hybridized carbons (Fsp3) is 0.133. The number of hydrogen-bond acceptors (Lipinski definition) is 3. The summed E-state index contributed by atoms with van der Waals surface area (Å²) in [7, 11) is 0. The molecule has 2 aromatic rings. The molecule has 0 atom stereocenters. The quantitative estimate of drug-likeness (QED) is 0.382. The van der Waals surface area contributed by atoms with Crippen molar-refractivity contribution in [2.24, 2.45) is 10.9 Å². The Labute approximate surface area is 112 Å². The third-order valence-electron chi connectivity index (χ3n) is 2.89. The predicted molar refractivity (Wildman–Crippen MR) is 74.5 cm³/mol. The molecule has 0 spiro atoms. The highest BCUT2D eigenvalue weighted by atomic mass is 16.5. The molecule has 0 aliphatic rings. The van der Waals surface area contributed by atoms with Crippen molar-refractivity contribution in [1.82, 2.24) is 0 Å². The average molecular weight is 256 g/mol. The van der Waals surface area contributed by atoms with Gasteiger partial charge in [-0.25, -0.2) is 0 Å². The van der Waals surface area contributed by atoms with Crippen molar-refractivity contribution in [3.8, 4) is 5.75 Å². The fourth-order valence-corrected chi connectivity index (χ4v) is 1.74. The summed E-state index contributed by atoms with van der Waals surface area (Å²) in [4.78, 5) is 0. The lowest BCUT2D eigenvalue weighted by Crippen LogP contribution is -2.12. The molecule has 4 heteroatoms. The Kier molecular flexibility index (Phi) is 4.03. The molecule has 0 bridgehead atoms. The van der Waals surface area contributed by atoms with Crippen LogP contribution in [0.2, 0.25) is 0 Å². The number of rotatable bonds is 4. The van der Waals surface area contributed by atoms with E-state index in [1.54, 1.807) is 18.2 Å². The maximum absolute atomic E-state index is 8.65. The minimum Gasteiger partial charge on any atom is -0.489 e. The second-order valence-electron chi connectivity index (χ2n) is 4.23. The Morgan fingerprint density at radius 2 is 2.00 bits per heavy atom. The lowest BCUT2D eigenvalue weighted by Gasteiger charge is -2.09. The van der Waals surface area contributed by atoms with E-state index in [9.17, 15) is 0 Å². The standard InChI is InChI=1S/C15H16N2O2/c1-11-5-2-3-6-13(11)10-19-14-8-4-7-12(9-14)15(16)17-18/h2-9,18H,10H2,1H3,(H2,16,17). The minimum absolute atomic E-state index is 0.0707. The minimum atomic E-state index is 0.0707. The Morgan fingerprint density at radius 1 is 1.21 bits per heavy atom. The summed E-state index contributed by atoms with van der Waals surface area (Å²) < 4.78 is 5.72. The molecular formula is C15H16N2O2. The molecule has 4 nitrogen and oxygen atoms in total. The van der Waals surface area contributed by atoms with Crippen molar-refractivity contribution in [3.63, 3.8) is 0 Å². The first-order chi connectivity index (χ1) is 9.20. The van der Waals surface area contributed by atoms with Crippen LogP contribution >= 0.6 is 0 Å². The lowest BCUT2D eigenvalue weighted by atomic mass is 10.1. The van der Waals surface area contributed by atoms with Gasteiger partial charge in [0.15, 0.2) is 5.84 Å². The maximum atomic E-state index is 8.65. The number of ether oxygens (including phenoxy) is 1. The van der Waals surface area contributed by atoms with Gasteiger partial charge in [-0.3, -0.25) is 0 Å². The first kappa shape index (κ1) is 13.0. The summed E-state index contributed by atoms with van der Waals surface area (Å²) >= 11 is 0. The first-order valence-corrected chi connectivity index (χ1v) is 5.96. The molecule has 0 aromatic heterocycles. The van der Waals surface area contributed by atoms with Gasteiger partial charge in [0.1, 0.15) is 12.4 Å². The van der Waals surface area contributed by atoms with Crippen molar-refractivity contribution in [1.29, 1.82) is 0 Å². The van der Waals surface area contributed by atoms with E-state index in [0.29, 0.717) is 17.9 Å². The van der Waals surface area contributed by atoms with E-state index < -0.39 is 0 Å². The molecule has 0 fully saturated rings. The van der Waals surface area contributed by atoms with Gasteiger partial charge in [0.2, 0.25) is 0 Å². The molecular weight excluding hydrogens is 240 g/mol. The predicted octanol–water partition coefficient (Wildman–Crippen LogP) is 2.67. The Morgan fingerprint density at radius 3 is 2.74 bits per heavy atom. The van der Waals surface area contributed by atoms with Crippen molar-refractivity contribution in [2.45, 2.75) is 13.5 Å². The van der Waals surface area contributed by atoms with Gasteiger partial charge >= 0.3 is 0 Å². The Bertz CT molecular complexity index is 594. The van der Waals surface area contributed by atoms with E-state index in [1.165, 1.54) is 5.56 Å². The topological polar surface area (TPSA) is 67.8 Å². The largest absolute Gasteiger partial charge is 0.489 e. The van der Waals surface area contributed by atoms with Gasteiger partial charge in [-0.05, 0) is 30.2 Å². The summed E-state index contributed by atoms with van der Waals surface area (Å²) in [5.74, 6) is 0.758. The maximum Gasteiger partial charge on any atom is 0.170 e. The van der Waals surface area contributed by atoms with Crippen LogP contribution < -0.4 is 10.5 Å². The van der Waals surface area contributed by atoms with Gasteiger partial charge in [-0.2, -0.15) is 0 Å². The van der Waals surface area contributed by atoms with E-state index in [0.717, 1.165) is 5.56 Å². The molecule has 2 rings (SSSR count). The molecule has 0 amide bonds. The molecule has 3 N–H and O–H groups in total. The van der Waals surface area contributed by atoms with Gasteiger partial charge < -0.3 is 15.7 Å². The number of aryl methyl sites for hydroxylation is 1. The zero-order valence-electron chi connectivity index (χ0n) is 10.7. The summed E-state index contributed by atoms with van der Waals surface area (Å²) in [5, 5.41) is 11.6. The van der Waals surface area contributed by atoms with Crippen LogP contribution in [0.15, 0.2) is 53.7 Å². The molecule has 98 valence electrons. The van der Waals surface area contributed by atoms with Crippen LogP contribution in [0.1, 0.15) is 16.7 Å².